The highest BCUT2D eigenvalue weighted by Crippen LogP contribution is 2.39. The minimum Gasteiger partial charge on any atom is -0.387 e. The number of hydrogen-bond acceptors (Lipinski definition) is 3. The molecule has 1 aromatic heterocycles. The number of aliphatic hydroxyl groups excluding tert-OH is 1. The molecule has 0 radical (unpaired) electrons. The van der Waals surface area contributed by atoms with Gasteiger partial charge in [-0.15, -0.1) is 11.3 Å². The Morgan fingerprint density at radius 1 is 0.829 bits per heavy atom. The van der Waals surface area contributed by atoms with Crippen LogP contribution in [0.25, 0.3) is 20.9 Å². The van der Waals surface area contributed by atoms with Crippen molar-refractivity contribution in [2.75, 3.05) is 19.6 Å². The lowest BCUT2D eigenvalue weighted by molar-refractivity contribution is -0.137. The fourth-order valence-corrected chi connectivity index (χ4v) is 5.81. The summed E-state index contributed by atoms with van der Waals surface area (Å²) in [5.41, 5.74) is 0.187. The van der Waals surface area contributed by atoms with Crippen molar-refractivity contribution in [2.45, 2.75) is 90.3 Å². The smallest absolute Gasteiger partial charge is 0.387 e. The maximum atomic E-state index is 13.3. The number of nitrogens with zero attached hydrogens (tertiary/aromatic N) is 1. The molecule has 2 nitrogen and oxygen atoms in total. The van der Waals surface area contributed by atoms with E-state index in [1.54, 1.807) is 0 Å². The molecule has 0 fully saturated rings. The first-order valence-electron chi connectivity index (χ1n) is 13.3. The molecule has 0 amide bonds. The van der Waals surface area contributed by atoms with E-state index in [4.69, 9.17) is 0 Å². The van der Waals surface area contributed by atoms with Gasteiger partial charge in [-0.2, -0.15) is 13.2 Å². The Labute approximate surface area is 212 Å². The average molecular weight is 508 g/mol. The van der Waals surface area contributed by atoms with Crippen LogP contribution in [0.1, 0.15) is 95.3 Å². The van der Waals surface area contributed by atoms with E-state index in [1.807, 2.05) is 17.5 Å². The van der Waals surface area contributed by atoms with Crippen molar-refractivity contribution in [3.8, 4) is 0 Å². The Kier molecular flexibility index (Phi) is 10.9. The van der Waals surface area contributed by atoms with Gasteiger partial charge in [-0.1, -0.05) is 71.3 Å². The molecule has 3 aromatic rings. The summed E-state index contributed by atoms with van der Waals surface area (Å²) in [6, 6.07) is 7.66. The maximum absolute atomic E-state index is 13.3. The fourth-order valence-electron chi connectivity index (χ4n) is 4.83. The van der Waals surface area contributed by atoms with Crippen LogP contribution in [0.3, 0.4) is 0 Å². The highest BCUT2D eigenvalue weighted by molar-refractivity contribution is 7.17. The molecular weight excluding hydrogens is 467 g/mol. The average Bonchev–Trinajstić information content (AvgIpc) is 3.32. The zero-order chi connectivity index (χ0) is 25.3. The van der Waals surface area contributed by atoms with Crippen LogP contribution >= 0.6 is 11.3 Å². The third-order valence-corrected chi connectivity index (χ3v) is 7.82. The van der Waals surface area contributed by atoms with Crippen LogP contribution in [0.2, 0.25) is 0 Å². The predicted octanol–water partition coefficient (Wildman–Crippen LogP) is 9.35. The zero-order valence-corrected chi connectivity index (χ0v) is 22.0. The highest BCUT2D eigenvalue weighted by atomic mass is 32.1. The van der Waals surface area contributed by atoms with Crippen LogP contribution in [0.5, 0.6) is 0 Å². The van der Waals surface area contributed by atoms with Crippen molar-refractivity contribution >= 4 is 32.2 Å². The van der Waals surface area contributed by atoms with Crippen LogP contribution in [-0.2, 0) is 6.18 Å². The lowest BCUT2D eigenvalue weighted by Gasteiger charge is -2.26. The molecule has 1 N–H and O–H groups in total. The van der Waals surface area contributed by atoms with Crippen molar-refractivity contribution < 1.29 is 18.3 Å². The normalized spacial score (nSPS) is 13.3. The summed E-state index contributed by atoms with van der Waals surface area (Å²) >= 11 is 1.49. The second kappa shape index (κ2) is 13.6. The quantitative estimate of drug-likeness (QED) is 0.207. The molecule has 1 heterocycles. The van der Waals surface area contributed by atoms with E-state index in [-0.39, 0.29) is 0 Å². The Bertz CT molecular complexity index is 1030. The van der Waals surface area contributed by atoms with Gasteiger partial charge in [0, 0.05) is 22.2 Å². The van der Waals surface area contributed by atoms with E-state index in [9.17, 15) is 18.3 Å². The van der Waals surface area contributed by atoms with Gasteiger partial charge in [0.25, 0.3) is 0 Å². The third-order valence-electron chi connectivity index (χ3n) is 6.86. The Hall–Kier alpha value is -1.63. The van der Waals surface area contributed by atoms with E-state index in [0.29, 0.717) is 11.9 Å². The third kappa shape index (κ3) is 7.93. The number of alkyl halides is 3. The lowest BCUT2D eigenvalue weighted by atomic mass is 9.98. The number of unbranched alkanes of at least 4 members (excludes halogenated alkanes) is 8. The molecule has 3 rings (SSSR count). The molecule has 2 aromatic carbocycles. The van der Waals surface area contributed by atoms with Gasteiger partial charge in [-0.3, -0.25) is 0 Å². The summed E-state index contributed by atoms with van der Waals surface area (Å²) in [6.07, 6.45) is 7.14. The standard InChI is InChI=1S/C29H40F3NOS/c1-3-5-7-9-11-16-33(17-12-10-8-6-4-2)21-27(34)26-19-22-13-14-23(29(30,31)32)20-25(22)24-15-18-35-28(24)26/h13-15,18-20,27,34H,3-12,16-17,21H2,1-2H3. The van der Waals surface area contributed by atoms with Crippen molar-refractivity contribution in [1.82, 2.24) is 4.90 Å². The summed E-state index contributed by atoms with van der Waals surface area (Å²) in [4.78, 5) is 2.39. The summed E-state index contributed by atoms with van der Waals surface area (Å²) < 4.78 is 40.8. The number of thiophene rings is 1. The SMILES string of the molecule is CCCCCCCN(CCCCCCC)CC(O)c1cc2ccc(C(F)(F)F)cc2c2ccsc12. The summed E-state index contributed by atoms with van der Waals surface area (Å²) in [6.45, 7) is 6.95. The number of halogens is 3. The molecule has 0 aliphatic heterocycles. The molecule has 1 atom stereocenters. The molecule has 0 aliphatic carbocycles. The predicted molar refractivity (Wildman–Crippen MR) is 143 cm³/mol. The van der Waals surface area contributed by atoms with Gasteiger partial charge in [-0.25, -0.2) is 0 Å². The molecule has 1 unspecified atom stereocenters. The topological polar surface area (TPSA) is 23.5 Å². The summed E-state index contributed by atoms with van der Waals surface area (Å²) in [7, 11) is 0. The van der Waals surface area contributed by atoms with Gasteiger partial charge >= 0.3 is 6.18 Å². The Morgan fingerprint density at radius 2 is 1.46 bits per heavy atom. The second-order valence-electron chi connectivity index (χ2n) is 9.71. The largest absolute Gasteiger partial charge is 0.416 e. The van der Waals surface area contributed by atoms with E-state index >= 15 is 0 Å². The van der Waals surface area contributed by atoms with Gasteiger partial charge < -0.3 is 10.0 Å². The van der Waals surface area contributed by atoms with Gasteiger partial charge in [-0.05, 0) is 66.3 Å². The molecule has 194 valence electrons. The van der Waals surface area contributed by atoms with Crippen molar-refractivity contribution in [3.63, 3.8) is 0 Å². The lowest BCUT2D eigenvalue weighted by Crippen LogP contribution is -2.31. The van der Waals surface area contributed by atoms with E-state index < -0.39 is 17.8 Å². The Morgan fingerprint density at radius 3 is 2.06 bits per heavy atom. The van der Waals surface area contributed by atoms with Crippen molar-refractivity contribution in [2.24, 2.45) is 0 Å². The number of rotatable bonds is 15. The van der Waals surface area contributed by atoms with Crippen molar-refractivity contribution in [3.05, 3.63) is 46.8 Å². The van der Waals surface area contributed by atoms with Gasteiger partial charge in [0.15, 0.2) is 0 Å². The number of aliphatic hydroxyl groups is 1. The fraction of sp³-hybridized carbons (Fsp3) is 0.586. The van der Waals surface area contributed by atoms with Crippen LogP contribution in [0.4, 0.5) is 13.2 Å². The first kappa shape index (κ1) is 27.9. The minimum absolute atomic E-state index is 0.556. The first-order chi connectivity index (χ1) is 16.8. The van der Waals surface area contributed by atoms with Gasteiger partial charge in [0.1, 0.15) is 0 Å². The second-order valence-corrected chi connectivity index (χ2v) is 10.6. The molecule has 0 aliphatic rings. The van der Waals surface area contributed by atoms with Crippen LogP contribution in [0, 0.1) is 0 Å². The van der Waals surface area contributed by atoms with Crippen LogP contribution in [0.15, 0.2) is 35.7 Å². The van der Waals surface area contributed by atoms with Crippen LogP contribution < -0.4 is 0 Å². The monoisotopic (exact) mass is 507 g/mol. The molecule has 0 saturated carbocycles. The van der Waals surface area contributed by atoms with E-state index in [1.165, 1.54) is 74.8 Å². The van der Waals surface area contributed by atoms with Gasteiger partial charge in [0.05, 0.1) is 11.7 Å². The molecule has 6 heteroatoms. The maximum Gasteiger partial charge on any atom is 0.416 e. The number of fused-ring (bicyclic) bond motifs is 3. The Balaban J connectivity index is 1.78. The zero-order valence-electron chi connectivity index (χ0n) is 21.2. The van der Waals surface area contributed by atoms with E-state index in [0.717, 1.165) is 53.0 Å². The summed E-state index contributed by atoms with van der Waals surface area (Å²) in [5, 5.41) is 15.3. The minimum atomic E-state index is -4.37. The molecule has 0 saturated heterocycles. The molecule has 0 spiro atoms. The molecular formula is C29H40F3NOS. The summed E-state index contributed by atoms with van der Waals surface area (Å²) in [5.74, 6) is 0. The van der Waals surface area contributed by atoms with Crippen molar-refractivity contribution in [1.29, 1.82) is 0 Å². The first-order valence-corrected chi connectivity index (χ1v) is 14.1. The van der Waals surface area contributed by atoms with E-state index in [2.05, 4.69) is 18.7 Å². The number of hydrogen-bond donors (Lipinski definition) is 1. The van der Waals surface area contributed by atoms with Gasteiger partial charge in [0.2, 0.25) is 0 Å². The number of benzene rings is 2. The highest BCUT2D eigenvalue weighted by Gasteiger charge is 2.31. The molecule has 35 heavy (non-hydrogen) atoms. The molecule has 0 bridgehead atoms. The van der Waals surface area contributed by atoms with Crippen LogP contribution in [-0.4, -0.2) is 29.6 Å².